The normalized spacial score (nSPS) is 25.6. The summed E-state index contributed by atoms with van der Waals surface area (Å²) in [7, 11) is 0. The Hall–Kier alpha value is -1.10. The zero-order chi connectivity index (χ0) is 10.8. The minimum absolute atomic E-state index is 0.339. The molecule has 5 nitrogen and oxygen atoms in total. The van der Waals surface area contributed by atoms with Crippen LogP contribution in [-0.4, -0.2) is 34.4 Å². The molecule has 1 aromatic heterocycles. The molecule has 2 N–H and O–H groups in total. The van der Waals surface area contributed by atoms with Gasteiger partial charge in [-0.25, -0.2) is 0 Å². The number of ether oxygens (including phenoxy) is 1. The molecule has 16 heavy (non-hydrogen) atoms. The number of nitrogens with one attached hydrogen (secondary N) is 2. The Morgan fingerprint density at radius 2 is 2.25 bits per heavy atom. The lowest BCUT2D eigenvalue weighted by Crippen LogP contribution is -2.19. The maximum absolute atomic E-state index is 5.53. The molecule has 1 aliphatic heterocycles. The van der Waals surface area contributed by atoms with Gasteiger partial charge in [-0.05, 0) is 25.7 Å². The maximum atomic E-state index is 5.53. The highest BCUT2D eigenvalue weighted by atomic mass is 16.5. The Balaban J connectivity index is 1.51. The highest BCUT2D eigenvalue weighted by molar-refractivity contribution is 5.24. The van der Waals surface area contributed by atoms with Crippen molar-refractivity contribution in [3.8, 4) is 0 Å². The molecule has 2 aliphatic rings. The third kappa shape index (κ3) is 2.04. The SMILES string of the molecule is C1CC(c2nc(NC[C@H]3CCCO3)n[nH]2)C1. The molecule has 0 aromatic carbocycles. The number of hydrogen-bond donors (Lipinski definition) is 2. The number of H-pyrrole nitrogens is 1. The molecule has 1 saturated heterocycles. The van der Waals surface area contributed by atoms with E-state index in [4.69, 9.17) is 4.74 Å². The lowest BCUT2D eigenvalue weighted by molar-refractivity contribution is 0.120. The Labute approximate surface area is 95.0 Å². The zero-order valence-electron chi connectivity index (χ0n) is 9.41. The highest BCUT2D eigenvalue weighted by Gasteiger charge is 2.23. The molecule has 0 unspecified atom stereocenters. The quantitative estimate of drug-likeness (QED) is 0.813. The van der Waals surface area contributed by atoms with Crippen LogP contribution in [0.15, 0.2) is 0 Å². The van der Waals surface area contributed by atoms with Gasteiger partial charge in [0.05, 0.1) is 6.10 Å². The molecular weight excluding hydrogens is 204 g/mol. The van der Waals surface area contributed by atoms with E-state index < -0.39 is 0 Å². The van der Waals surface area contributed by atoms with E-state index in [9.17, 15) is 0 Å². The first-order chi connectivity index (χ1) is 7.92. The molecule has 0 amide bonds. The third-order valence-corrected chi connectivity index (χ3v) is 3.51. The van der Waals surface area contributed by atoms with Crippen molar-refractivity contribution < 1.29 is 4.74 Å². The van der Waals surface area contributed by atoms with Gasteiger partial charge in [-0.15, -0.1) is 5.10 Å². The van der Waals surface area contributed by atoms with Crippen LogP contribution in [0.5, 0.6) is 0 Å². The van der Waals surface area contributed by atoms with Crippen molar-refractivity contribution in [1.29, 1.82) is 0 Å². The minimum Gasteiger partial charge on any atom is -0.376 e. The summed E-state index contributed by atoms with van der Waals surface area (Å²) in [4.78, 5) is 4.46. The molecule has 1 saturated carbocycles. The summed E-state index contributed by atoms with van der Waals surface area (Å²) >= 11 is 0. The summed E-state index contributed by atoms with van der Waals surface area (Å²) in [6, 6.07) is 0. The van der Waals surface area contributed by atoms with Gasteiger partial charge < -0.3 is 10.1 Å². The number of hydrogen-bond acceptors (Lipinski definition) is 4. The largest absolute Gasteiger partial charge is 0.376 e. The van der Waals surface area contributed by atoms with Gasteiger partial charge in [0, 0.05) is 19.1 Å². The number of anilines is 1. The van der Waals surface area contributed by atoms with Crippen molar-refractivity contribution in [2.45, 2.75) is 44.1 Å². The first-order valence-electron chi connectivity index (χ1n) is 6.19. The fourth-order valence-electron chi connectivity index (χ4n) is 2.23. The zero-order valence-corrected chi connectivity index (χ0v) is 9.41. The molecule has 3 rings (SSSR count). The molecule has 5 heteroatoms. The van der Waals surface area contributed by atoms with Crippen LogP contribution in [0.25, 0.3) is 0 Å². The van der Waals surface area contributed by atoms with Crippen LogP contribution in [0.3, 0.4) is 0 Å². The Bertz CT molecular complexity index is 342. The third-order valence-electron chi connectivity index (χ3n) is 3.51. The summed E-state index contributed by atoms with van der Waals surface area (Å²) < 4.78 is 5.53. The Morgan fingerprint density at radius 1 is 1.31 bits per heavy atom. The van der Waals surface area contributed by atoms with Gasteiger partial charge in [-0.3, -0.25) is 5.10 Å². The van der Waals surface area contributed by atoms with Crippen molar-refractivity contribution in [2.75, 3.05) is 18.5 Å². The minimum atomic E-state index is 0.339. The van der Waals surface area contributed by atoms with E-state index >= 15 is 0 Å². The topological polar surface area (TPSA) is 62.8 Å². The standard InChI is InChI=1S/C11H18N4O/c1-3-8(4-1)10-13-11(15-14-10)12-7-9-5-2-6-16-9/h8-9H,1-7H2,(H2,12,13,14,15)/t9-/m1/s1. The molecule has 2 fully saturated rings. The molecule has 88 valence electrons. The average molecular weight is 222 g/mol. The van der Waals surface area contributed by atoms with Crippen LogP contribution in [0.2, 0.25) is 0 Å². The Kier molecular flexibility index (Phi) is 2.78. The van der Waals surface area contributed by atoms with Gasteiger partial charge in [0.1, 0.15) is 5.82 Å². The van der Waals surface area contributed by atoms with E-state index in [1.54, 1.807) is 0 Å². The second kappa shape index (κ2) is 4.41. The fourth-order valence-corrected chi connectivity index (χ4v) is 2.23. The molecule has 0 bridgehead atoms. The van der Waals surface area contributed by atoms with E-state index in [2.05, 4.69) is 20.5 Å². The molecule has 1 aliphatic carbocycles. The van der Waals surface area contributed by atoms with Crippen molar-refractivity contribution in [3.63, 3.8) is 0 Å². The summed E-state index contributed by atoms with van der Waals surface area (Å²) in [5, 5.41) is 10.4. The predicted octanol–water partition coefficient (Wildman–Crippen LogP) is 1.66. The van der Waals surface area contributed by atoms with E-state index in [1.807, 2.05) is 0 Å². The lowest BCUT2D eigenvalue weighted by Gasteiger charge is -2.22. The monoisotopic (exact) mass is 222 g/mol. The van der Waals surface area contributed by atoms with E-state index in [-0.39, 0.29) is 0 Å². The Morgan fingerprint density at radius 3 is 2.94 bits per heavy atom. The van der Waals surface area contributed by atoms with Crippen LogP contribution in [0.4, 0.5) is 5.95 Å². The number of aromatic amines is 1. The van der Waals surface area contributed by atoms with Crippen molar-refractivity contribution >= 4 is 5.95 Å². The highest BCUT2D eigenvalue weighted by Crippen LogP contribution is 2.34. The van der Waals surface area contributed by atoms with Gasteiger partial charge in [-0.2, -0.15) is 4.98 Å². The van der Waals surface area contributed by atoms with Crippen molar-refractivity contribution in [1.82, 2.24) is 15.2 Å². The maximum Gasteiger partial charge on any atom is 0.242 e. The molecule has 2 heterocycles. The van der Waals surface area contributed by atoms with Crippen molar-refractivity contribution in [2.24, 2.45) is 0 Å². The van der Waals surface area contributed by atoms with Gasteiger partial charge >= 0.3 is 0 Å². The number of rotatable bonds is 4. The molecular formula is C11H18N4O. The smallest absolute Gasteiger partial charge is 0.242 e. The summed E-state index contributed by atoms with van der Waals surface area (Å²) in [5.41, 5.74) is 0. The first kappa shape index (κ1) is 10.1. The molecule has 0 spiro atoms. The van der Waals surface area contributed by atoms with Crippen LogP contribution in [-0.2, 0) is 4.74 Å². The van der Waals surface area contributed by atoms with Gasteiger partial charge in [0.15, 0.2) is 0 Å². The van der Waals surface area contributed by atoms with E-state index in [0.717, 1.165) is 31.3 Å². The van der Waals surface area contributed by atoms with Crippen LogP contribution in [0, 0.1) is 0 Å². The van der Waals surface area contributed by atoms with Crippen LogP contribution < -0.4 is 5.32 Å². The van der Waals surface area contributed by atoms with Gasteiger partial charge in [0.25, 0.3) is 0 Å². The average Bonchev–Trinajstić information content (AvgIpc) is 2.81. The number of nitrogens with zero attached hydrogens (tertiary/aromatic N) is 2. The van der Waals surface area contributed by atoms with Crippen molar-refractivity contribution in [3.05, 3.63) is 5.82 Å². The molecule has 0 radical (unpaired) electrons. The van der Waals surface area contributed by atoms with E-state index in [0.29, 0.717) is 12.0 Å². The summed E-state index contributed by atoms with van der Waals surface area (Å²) in [5.74, 6) is 2.38. The van der Waals surface area contributed by atoms with Crippen LogP contribution >= 0.6 is 0 Å². The lowest BCUT2D eigenvalue weighted by atomic mass is 9.85. The van der Waals surface area contributed by atoms with Crippen LogP contribution in [0.1, 0.15) is 43.8 Å². The fraction of sp³-hybridized carbons (Fsp3) is 0.818. The summed E-state index contributed by atoms with van der Waals surface area (Å²) in [6.45, 7) is 1.72. The van der Waals surface area contributed by atoms with Gasteiger partial charge in [0.2, 0.25) is 5.95 Å². The second-order valence-corrected chi connectivity index (χ2v) is 4.69. The molecule has 1 aromatic rings. The molecule has 1 atom stereocenters. The summed E-state index contributed by atoms with van der Waals surface area (Å²) in [6.07, 6.45) is 6.48. The van der Waals surface area contributed by atoms with E-state index in [1.165, 1.54) is 25.7 Å². The predicted molar refractivity (Wildman–Crippen MR) is 60.4 cm³/mol. The second-order valence-electron chi connectivity index (χ2n) is 4.69. The first-order valence-corrected chi connectivity index (χ1v) is 6.19. The van der Waals surface area contributed by atoms with Gasteiger partial charge in [-0.1, -0.05) is 6.42 Å². The number of aromatic nitrogens is 3.